The van der Waals surface area contributed by atoms with Gasteiger partial charge in [-0.05, 0) is 37.2 Å². The second kappa shape index (κ2) is 5.67. The fraction of sp³-hybridized carbons (Fsp3) is 0.571. The Morgan fingerprint density at radius 2 is 2.11 bits per heavy atom. The minimum atomic E-state index is -0.196. The Morgan fingerprint density at radius 3 is 2.72 bits per heavy atom. The van der Waals surface area contributed by atoms with Crippen molar-refractivity contribution in [3.05, 3.63) is 29.6 Å². The van der Waals surface area contributed by atoms with Gasteiger partial charge in [0.15, 0.2) is 0 Å². The smallest absolute Gasteiger partial charge is 0.125 e. The van der Waals surface area contributed by atoms with Crippen LogP contribution in [-0.4, -0.2) is 37.1 Å². The first-order chi connectivity index (χ1) is 8.63. The highest BCUT2D eigenvalue weighted by Gasteiger charge is 2.22. The molecule has 1 aromatic carbocycles. The van der Waals surface area contributed by atoms with Gasteiger partial charge in [-0.15, -0.1) is 0 Å². The van der Waals surface area contributed by atoms with E-state index in [-0.39, 0.29) is 5.82 Å². The Bertz CT molecular complexity index is 408. The summed E-state index contributed by atoms with van der Waals surface area (Å²) >= 11 is 0. The molecule has 0 aromatic heterocycles. The van der Waals surface area contributed by atoms with Crippen LogP contribution in [0.2, 0.25) is 0 Å². The van der Waals surface area contributed by atoms with Crippen molar-refractivity contribution in [3.63, 3.8) is 0 Å². The van der Waals surface area contributed by atoms with Gasteiger partial charge in [0.25, 0.3) is 0 Å². The van der Waals surface area contributed by atoms with Gasteiger partial charge in [0.2, 0.25) is 0 Å². The monoisotopic (exact) mass is 251 g/mol. The first-order valence-corrected chi connectivity index (χ1v) is 6.62. The third-order valence-corrected chi connectivity index (χ3v) is 3.71. The molecular weight excluding hydrogens is 229 g/mol. The van der Waals surface area contributed by atoms with Crippen LogP contribution in [0.25, 0.3) is 0 Å². The van der Waals surface area contributed by atoms with Crippen LogP contribution < -0.4 is 10.6 Å². The average molecular weight is 251 g/mol. The van der Waals surface area contributed by atoms with E-state index in [2.05, 4.69) is 23.6 Å². The molecule has 0 radical (unpaired) electrons. The van der Waals surface area contributed by atoms with E-state index < -0.39 is 0 Å². The molecule has 1 heterocycles. The Labute approximate surface area is 108 Å². The molecule has 0 saturated carbocycles. The third-order valence-electron chi connectivity index (χ3n) is 3.71. The summed E-state index contributed by atoms with van der Waals surface area (Å²) in [7, 11) is 0. The molecule has 1 aliphatic heterocycles. The van der Waals surface area contributed by atoms with Gasteiger partial charge in [-0.25, -0.2) is 4.39 Å². The predicted octanol–water partition coefficient (Wildman–Crippen LogP) is 1.81. The number of nitrogens with zero attached hydrogens (tertiary/aromatic N) is 2. The lowest BCUT2D eigenvalue weighted by Crippen LogP contribution is -2.51. The van der Waals surface area contributed by atoms with Gasteiger partial charge in [-0.2, -0.15) is 0 Å². The second-order valence-electron chi connectivity index (χ2n) is 4.95. The summed E-state index contributed by atoms with van der Waals surface area (Å²) in [4.78, 5) is 4.69. The van der Waals surface area contributed by atoms with Crippen molar-refractivity contribution in [2.45, 2.75) is 26.4 Å². The molecule has 100 valence electrons. The number of nitrogens with two attached hydrogens (primary N) is 1. The van der Waals surface area contributed by atoms with Crippen LogP contribution in [0.15, 0.2) is 18.2 Å². The van der Waals surface area contributed by atoms with Crippen LogP contribution in [0.4, 0.5) is 10.1 Å². The van der Waals surface area contributed by atoms with E-state index in [0.717, 1.165) is 37.4 Å². The maximum Gasteiger partial charge on any atom is 0.125 e. The number of halogens is 1. The maximum atomic E-state index is 13.5. The molecule has 1 atom stereocenters. The van der Waals surface area contributed by atoms with Crippen molar-refractivity contribution in [3.8, 4) is 0 Å². The molecule has 18 heavy (non-hydrogen) atoms. The lowest BCUT2D eigenvalue weighted by Gasteiger charge is -2.40. The molecule has 1 aromatic rings. The molecule has 2 rings (SSSR count). The largest absolute Gasteiger partial charge is 0.369 e. The molecule has 1 aliphatic rings. The van der Waals surface area contributed by atoms with Crippen LogP contribution in [0.5, 0.6) is 0 Å². The van der Waals surface area contributed by atoms with Gasteiger partial charge in [0.1, 0.15) is 5.82 Å². The van der Waals surface area contributed by atoms with Crippen LogP contribution in [0, 0.1) is 5.82 Å². The molecule has 0 amide bonds. The Kier molecular flexibility index (Phi) is 4.19. The van der Waals surface area contributed by atoms with E-state index in [1.807, 2.05) is 6.07 Å². The van der Waals surface area contributed by atoms with Crippen molar-refractivity contribution in [1.29, 1.82) is 0 Å². The van der Waals surface area contributed by atoms with Crippen LogP contribution >= 0.6 is 0 Å². The molecule has 1 unspecified atom stereocenters. The lowest BCUT2D eigenvalue weighted by molar-refractivity contribution is 0.199. The zero-order valence-electron chi connectivity index (χ0n) is 11.2. The van der Waals surface area contributed by atoms with Gasteiger partial charge in [0, 0.05) is 37.9 Å². The minimum Gasteiger partial charge on any atom is -0.369 e. The number of anilines is 1. The first-order valence-electron chi connectivity index (χ1n) is 6.62. The number of rotatable bonds is 3. The fourth-order valence-corrected chi connectivity index (χ4v) is 2.63. The van der Waals surface area contributed by atoms with Crippen LogP contribution in [0.3, 0.4) is 0 Å². The number of benzene rings is 1. The van der Waals surface area contributed by atoms with Gasteiger partial charge in [-0.1, -0.05) is 6.92 Å². The molecule has 1 fully saturated rings. The third kappa shape index (κ3) is 2.82. The summed E-state index contributed by atoms with van der Waals surface area (Å²) in [6.45, 7) is 8.79. The van der Waals surface area contributed by atoms with Gasteiger partial charge >= 0.3 is 0 Å². The normalized spacial score (nSPS) is 21.3. The minimum absolute atomic E-state index is 0.196. The highest BCUT2D eigenvalue weighted by molar-refractivity contribution is 5.49. The van der Waals surface area contributed by atoms with Crippen LogP contribution in [-0.2, 0) is 6.54 Å². The van der Waals surface area contributed by atoms with Crippen molar-refractivity contribution in [1.82, 2.24) is 4.90 Å². The zero-order chi connectivity index (χ0) is 13.1. The van der Waals surface area contributed by atoms with E-state index in [1.54, 1.807) is 6.07 Å². The topological polar surface area (TPSA) is 32.5 Å². The van der Waals surface area contributed by atoms with E-state index in [9.17, 15) is 4.39 Å². The lowest BCUT2D eigenvalue weighted by atomic mass is 10.1. The highest BCUT2D eigenvalue weighted by atomic mass is 19.1. The Morgan fingerprint density at radius 1 is 1.33 bits per heavy atom. The highest BCUT2D eigenvalue weighted by Crippen LogP contribution is 2.22. The quantitative estimate of drug-likeness (QED) is 0.889. The fourth-order valence-electron chi connectivity index (χ4n) is 2.63. The average Bonchev–Trinajstić information content (AvgIpc) is 2.37. The van der Waals surface area contributed by atoms with E-state index in [0.29, 0.717) is 12.6 Å². The summed E-state index contributed by atoms with van der Waals surface area (Å²) in [6.07, 6.45) is 0. The van der Waals surface area contributed by atoms with E-state index >= 15 is 0 Å². The van der Waals surface area contributed by atoms with E-state index in [4.69, 9.17) is 5.73 Å². The van der Waals surface area contributed by atoms with Gasteiger partial charge < -0.3 is 10.6 Å². The molecule has 0 aliphatic carbocycles. The standard InChI is InChI=1S/C14H22FN3/c1-3-17-4-5-18(10-11(17)2)14-7-12(9-16)6-13(15)8-14/h6-8,11H,3-5,9-10,16H2,1-2H3. The Hall–Kier alpha value is -1.13. The van der Waals surface area contributed by atoms with Crippen LogP contribution in [0.1, 0.15) is 19.4 Å². The maximum absolute atomic E-state index is 13.5. The molecule has 2 N–H and O–H groups in total. The summed E-state index contributed by atoms with van der Waals surface area (Å²) in [5, 5.41) is 0. The summed E-state index contributed by atoms with van der Waals surface area (Å²) < 4.78 is 13.5. The molecular formula is C14H22FN3. The van der Waals surface area contributed by atoms with Crippen molar-refractivity contribution in [2.75, 3.05) is 31.1 Å². The zero-order valence-corrected chi connectivity index (χ0v) is 11.2. The van der Waals surface area contributed by atoms with Crippen molar-refractivity contribution in [2.24, 2.45) is 5.73 Å². The summed E-state index contributed by atoms with van der Waals surface area (Å²) in [6, 6.07) is 5.62. The molecule has 0 bridgehead atoms. The number of piperazine rings is 1. The Balaban J connectivity index is 2.15. The summed E-state index contributed by atoms with van der Waals surface area (Å²) in [5.41, 5.74) is 7.41. The molecule has 0 spiro atoms. The van der Waals surface area contributed by atoms with Gasteiger partial charge in [-0.3, -0.25) is 4.90 Å². The number of hydrogen-bond donors (Lipinski definition) is 1. The number of hydrogen-bond acceptors (Lipinski definition) is 3. The summed E-state index contributed by atoms with van der Waals surface area (Å²) in [5.74, 6) is -0.196. The van der Waals surface area contributed by atoms with E-state index in [1.165, 1.54) is 6.07 Å². The number of likely N-dealkylation sites (N-methyl/N-ethyl adjacent to an activating group) is 1. The molecule has 4 heteroatoms. The van der Waals surface area contributed by atoms with Gasteiger partial charge in [0.05, 0.1) is 0 Å². The second-order valence-corrected chi connectivity index (χ2v) is 4.95. The van der Waals surface area contributed by atoms with Crippen molar-refractivity contribution < 1.29 is 4.39 Å². The predicted molar refractivity (Wildman–Crippen MR) is 73.2 cm³/mol. The molecule has 1 saturated heterocycles. The molecule has 3 nitrogen and oxygen atoms in total. The first kappa shape index (κ1) is 13.3. The van der Waals surface area contributed by atoms with Crippen molar-refractivity contribution >= 4 is 5.69 Å². The SMILES string of the molecule is CCN1CCN(c2cc(F)cc(CN)c2)CC1C.